The first kappa shape index (κ1) is 26.9. The second-order valence-electron chi connectivity index (χ2n) is 9.55. The molecule has 0 radical (unpaired) electrons. The van der Waals surface area contributed by atoms with Crippen LogP contribution in [0.4, 0.5) is 27.4 Å². The highest BCUT2D eigenvalue weighted by Crippen LogP contribution is 2.26. The highest BCUT2D eigenvalue weighted by atomic mass is 19.1. The zero-order valence-electron chi connectivity index (χ0n) is 21.9. The number of halogens is 1. The first-order valence-corrected chi connectivity index (χ1v) is 12.8. The third-order valence-electron chi connectivity index (χ3n) is 6.49. The normalized spacial score (nSPS) is 14.6. The van der Waals surface area contributed by atoms with Crippen LogP contribution >= 0.6 is 0 Å². The van der Waals surface area contributed by atoms with Crippen molar-refractivity contribution in [2.24, 2.45) is 0 Å². The summed E-state index contributed by atoms with van der Waals surface area (Å²) < 4.78 is 15.1. The highest BCUT2D eigenvalue weighted by Gasteiger charge is 2.20. The van der Waals surface area contributed by atoms with Gasteiger partial charge in [-0.1, -0.05) is 18.7 Å². The number of carbonyl (C=O) groups excluding carboxylic acids is 1. The number of piperazine rings is 1. The lowest BCUT2D eigenvalue weighted by Crippen LogP contribution is -2.48. The van der Waals surface area contributed by atoms with E-state index in [1.54, 1.807) is 43.3 Å². The summed E-state index contributed by atoms with van der Waals surface area (Å²) in [5.41, 5.74) is 1.77. The topological polar surface area (TPSA) is 139 Å². The van der Waals surface area contributed by atoms with E-state index in [-0.39, 0.29) is 34.5 Å². The maximum Gasteiger partial charge on any atom is 0.262 e. The van der Waals surface area contributed by atoms with Crippen molar-refractivity contribution >= 4 is 40.0 Å². The quantitative estimate of drug-likeness (QED) is 0.247. The molecule has 2 aromatic carbocycles. The van der Waals surface area contributed by atoms with Crippen molar-refractivity contribution in [3.8, 4) is 11.4 Å². The van der Waals surface area contributed by atoms with Crippen LogP contribution < -0.4 is 21.1 Å². The van der Waals surface area contributed by atoms with Gasteiger partial charge >= 0.3 is 0 Å². The molecule has 12 heteroatoms. The van der Waals surface area contributed by atoms with E-state index in [1.807, 2.05) is 4.90 Å². The fourth-order valence-electron chi connectivity index (χ4n) is 4.58. The van der Waals surface area contributed by atoms with E-state index in [9.17, 15) is 14.7 Å². The molecule has 206 valence electrons. The first-order chi connectivity index (χ1) is 19.3. The number of aromatic nitrogens is 4. The van der Waals surface area contributed by atoms with Gasteiger partial charge in [-0.2, -0.15) is 4.98 Å². The van der Waals surface area contributed by atoms with E-state index in [0.717, 1.165) is 19.2 Å². The van der Waals surface area contributed by atoms with Crippen molar-refractivity contribution in [1.82, 2.24) is 24.8 Å². The number of nitrogens with zero attached hydrogens (tertiary/aromatic N) is 5. The van der Waals surface area contributed by atoms with Crippen molar-refractivity contribution in [1.29, 1.82) is 0 Å². The molecule has 4 N–H and O–H groups in total. The number of carbonyl (C=O) groups is 1. The van der Waals surface area contributed by atoms with E-state index in [2.05, 4.69) is 42.0 Å². The van der Waals surface area contributed by atoms with Crippen molar-refractivity contribution in [3.05, 3.63) is 77.5 Å². The molecule has 1 fully saturated rings. The number of aromatic amines is 1. The summed E-state index contributed by atoms with van der Waals surface area (Å²) in [5.74, 6) is -0.321. The fourth-order valence-corrected chi connectivity index (χ4v) is 4.58. The third kappa shape index (κ3) is 6.14. The minimum Gasteiger partial charge on any atom is -0.392 e. The number of anilines is 4. The number of amides is 1. The van der Waals surface area contributed by atoms with Gasteiger partial charge in [0.2, 0.25) is 11.9 Å². The maximum atomic E-state index is 15.1. The molecular weight excluding hydrogens is 515 g/mol. The molecule has 5 rings (SSSR count). The largest absolute Gasteiger partial charge is 0.392 e. The van der Waals surface area contributed by atoms with Crippen LogP contribution in [0.3, 0.4) is 0 Å². The number of hydrogen-bond donors (Lipinski definition) is 4. The molecule has 1 saturated heterocycles. The predicted octanol–water partition coefficient (Wildman–Crippen LogP) is 2.89. The van der Waals surface area contributed by atoms with Gasteiger partial charge in [-0.15, -0.1) is 0 Å². The van der Waals surface area contributed by atoms with E-state index in [4.69, 9.17) is 0 Å². The van der Waals surface area contributed by atoms with Crippen molar-refractivity contribution in [2.45, 2.75) is 13.0 Å². The summed E-state index contributed by atoms with van der Waals surface area (Å²) in [5, 5.41) is 15.4. The molecule has 40 heavy (non-hydrogen) atoms. The van der Waals surface area contributed by atoms with Crippen LogP contribution in [0, 0.1) is 5.82 Å². The Hall–Kier alpha value is -4.68. The molecule has 0 bridgehead atoms. The second kappa shape index (κ2) is 11.6. The molecule has 1 aliphatic rings. The van der Waals surface area contributed by atoms with Crippen LogP contribution in [0.5, 0.6) is 0 Å². The van der Waals surface area contributed by atoms with E-state index < -0.39 is 11.7 Å². The Morgan fingerprint density at radius 3 is 2.70 bits per heavy atom. The molecule has 0 saturated carbocycles. The smallest absolute Gasteiger partial charge is 0.262 e. The Bertz CT molecular complexity index is 1620. The lowest BCUT2D eigenvalue weighted by Gasteiger charge is -2.36. The van der Waals surface area contributed by atoms with Crippen molar-refractivity contribution in [3.63, 3.8) is 0 Å². The number of rotatable bonds is 8. The van der Waals surface area contributed by atoms with Crippen LogP contribution in [0.1, 0.15) is 6.92 Å². The lowest BCUT2D eigenvalue weighted by atomic mass is 10.2. The zero-order chi connectivity index (χ0) is 28.2. The van der Waals surface area contributed by atoms with Gasteiger partial charge in [-0.3, -0.25) is 14.5 Å². The molecule has 1 unspecified atom stereocenters. The Kier molecular flexibility index (Phi) is 7.80. The summed E-state index contributed by atoms with van der Waals surface area (Å²) >= 11 is 0. The molecule has 4 aromatic rings. The fraction of sp³-hybridized carbons (Fsp3) is 0.250. The number of benzene rings is 2. The minimum atomic E-state index is -0.420. The van der Waals surface area contributed by atoms with E-state index in [1.165, 1.54) is 12.3 Å². The number of β-amino-alcohol motifs (C(OH)–C–C–N with tert-alkyl or cyclic N) is 1. The summed E-state index contributed by atoms with van der Waals surface area (Å²) in [6, 6.07) is 11.7. The number of hydrogen-bond acceptors (Lipinski definition) is 9. The predicted molar refractivity (Wildman–Crippen MR) is 152 cm³/mol. The molecule has 1 amide bonds. The Morgan fingerprint density at radius 1 is 1.18 bits per heavy atom. The summed E-state index contributed by atoms with van der Waals surface area (Å²) in [7, 11) is 0. The van der Waals surface area contributed by atoms with Gasteiger partial charge in [-0.05, 0) is 43.3 Å². The number of H-pyrrole nitrogens is 1. The van der Waals surface area contributed by atoms with Gasteiger partial charge in [0.15, 0.2) is 5.65 Å². The molecule has 1 atom stereocenters. The van der Waals surface area contributed by atoms with Crippen molar-refractivity contribution in [2.75, 3.05) is 48.3 Å². The Labute approximate surface area is 229 Å². The van der Waals surface area contributed by atoms with Gasteiger partial charge in [-0.25, -0.2) is 14.4 Å². The number of aliphatic hydroxyl groups excluding tert-OH is 1. The van der Waals surface area contributed by atoms with E-state index >= 15 is 4.39 Å². The molecule has 0 aliphatic carbocycles. The van der Waals surface area contributed by atoms with Gasteiger partial charge in [0.1, 0.15) is 17.0 Å². The SMILES string of the molecule is C=CC(=O)Nc1cccc(-c2nc3nc(Nc4ccc(N5CCN(CC(C)O)CC5)c(F)c4)ncc3c(=O)[nH]2)c1. The molecular formula is C28H29FN8O3. The third-order valence-corrected chi connectivity index (χ3v) is 6.49. The van der Waals surface area contributed by atoms with Crippen LogP contribution in [-0.4, -0.2) is 74.7 Å². The minimum absolute atomic E-state index is 0.155. The van der Waals surface area contributed by atoms with Crippen LogP contribution in [0.25, 0.3) is 22.4 Å². The standard InChI is InChI=1S/C28H29FN8O3/c1-3-24(39)31-19-6-4-5-18(13-19)25-33-26-21(27(40)34-25)15-30-28(35-26)32-20-7-8-23(22(29)14-20)37-11-9-36(10-12-37)16-17(2)38/h3-8,13-15,17,38H,1,9-12,16H2,2H3,(H,31,39)(H2,30,32,33,34,35,40). The van der Waals surface area contributed by atoms with Gasteiger partial charge in [0.05, 0.1) is 11.8 Å². The maximum absolute atomic E-state index is 15.1. The van der Waals surface area contributed by atoms with Crippen LogP contribution in [0.15, 0.2) is 66.1 Å². The Morgan fingerprint density at radius 2 is 1.98 bits per heavy atom. The molecule has 1 aliphatic heterocycles. The van der Waals surface area contributed by atoms with E-state index in [0.29, 0.717) is 42.3 Å². The first-order valence-electron chi connectivity index (χ1n) is 12.8. The molecule has 3 heterocycles. The highest BCUT2D eigenvalue weighted by molar-refractivity contribution is 5.99. The summed E-state index contributed by atoms with van der Waals surface area (Å²) in [4.78, 5) is 44.3. The average molecular weight is 545 g/mol. The Balaban J connectivity index is 1.34. The monoisotopic (exact) mass is 544 g/mol. The molecule has 11 nitrogen and oxygen atoms in total. The average Bonchev–Trinajstić information content (AvgIpc) is 2.93. The number of aliphatic hydroxyl groups is 1. The number of fused-ring (bicyclic) bond motifs is 1. The summed E-state index contributed by atoms with van der Waals surface area (Å²) in [6.45, 7) is 8.62. The molecule has 2 aromatic heterocycles. The van der Waals surface area contributed by atoms with Gasteiger partial charge in [0.25, 0.3) is 5.56 Å². The van der Waals surface area contributed by atoms with Crippen LogP contribution in [-0.2, 0) is 4.79 Å². The molecule has 0 spiro atoms. The second-order valence-corrected chi connectivity index (χ2v) is 9.55. The summed E-state index contributed by atoms with van der Waals surface area (Å²) in [6.07, 6.45) is 2.13. The van der Waals surface area contributed by atoms with Crippen LogP contribution in [0.2, 0.25) is 0 Å². The zero-order valence-corrected chi connectivity index (χ0v) is 21.9. The lowest BCUT2D eigenvalue weighted by molar-refractivity contribution is -0.111. The van der Waals surface area contributed by atoms with Crippen molar-refractivity contribution < 1.29 is 14.3 Å². The van der Waals surface area contributed by atoms with Gasteiger partial charge in [0, 0.05) is 55.9 Å². The van der Waals surface area contributed by atoms with Gasteiger partial charge < -0.3 is 25.6 Å². The number of nitrogens with one attached hydrogen (secondary N) is 3.